The summed E-state index contributed by atoms with van der Waals surface area (Å²) in [5, 5.41) is 0. The van der Waals surface area contributed by atoms with Crippen molar-refractivity contribution >= 4 is 23.5 Å². The summed E-state index contributed by atoms with van der Waals surface area (Å²) in [6, 6.07) is 7.66. The summed E-state index contributed by atoms with van der Waals surface area (Å²) in [5.41, 5.74) is 4.63. The number of rotatable bonds is 3. The molecule has 2 fully saturated rings. The Kier molecular flexibility index (Phi) is 5.13. The summed E-state index contributed by atoms with van der Waals surface area (Å²) in [7, 11) is 0. The summed E-state index contributed by atoms with van der Waals surface area (Å²) in [5.74, 6) is 1.03. The fraction of sp³-hybridized carbons (Fsp3) is 0.409. The van der Waals surface area contributed by atoms with Crippen LogP contribution in [0.4, 0.5) is 16.3 Å². The third-order valence-corrected chi connectivity index (χ3v) is 5.57. The van der Waals surface area contributed by atoms with Crippen molar-refractivity contribution in [2.45, 2.75) is 20.8 Å². The minimum Gasteiger partial charge on any atom is -0.447 e. The quantitative estimate of drug-likeness (QED) is 0.801. The molecule has 0 unspecified atom stereocenters. The number of amides is 2. The second-order valence-corrected chi connectivity index (χ2v) is 7.70. The molecular formula is C22H26N4O3. The molecule has 2 amide bonds. The number of nitrogens with zero attached hydrogens (tertiary/aromatic N) is 4. The molecule has 2 aliphatic heterocycles. The van der Waals surface area contributed by atoms with E-state index < -0.39 is 0 Å². The molecule has 0 aliphatic carbocycles. The maximum Gasteiger partial charge on any atom is 0.414 e. The molecule has 29 heavy (non-hydrogen) atoms. The number of aromatic nitrogens is 1. The lowest BCUT2D eigenvalue weighted by molar-refractivity contribution is 0.0746. The number of pyridine rings is 1. The SMILES string of the molecule is Cc1cnc(N2CCN(C(=O)c3ccc(N4CCOC4=O)cc3C)CC2)c(C)c1. The number of carbonyl (C=O) groups excluding carboxylic acids is 2. The fourth-order valence-electron chi connectivity index (χ4n) is 4.01. The maximum absolute atomic E-state index is 13.1. The minimum absolute atomic E-state index is 0.0336. The Balaban J connectivity index is 1.43. The molecule has 0 spiro atoms. The summed E-state index contributed by atoms with van der Waals surface area (Å²) < 4.78 is 5.00. The molecular weight excluding hydrogens is 368 g/mol. The number of carbonyl (C=O) groups is 2. The van der Waals surface area contributed by atoms with Gasteiger partial charge in [0.1, 0.15) is 12.4 Å². The largest absolute Gasteiger partial charge is 0.447 e. The lowest BCUT2D eigenvalue weighted by Crippen LogP contribution is -2.49. The van der Waals surface area contributed by atoms with E-state index >= 15 is 0 Å². The van der Waals surface area contributed by atoms with Crippen molar-refractivity contribution in [3.05, 3.63) is 52.7 Å². The van der Waals surface area contributed by atoms with Crippen LogP contribution in [0.15, 0.2) is 30.5 Å². The first kappa shape index (κ1) is 19.2. The fourth-order valence-corrected chi connectivity index (χ4v) is 4.01. The minimum atomic E-state index is -0.334. The van der Waals surface area contributed by atoms with E-state index in [4.69, 9.17) is 4.74 Å². The number of cyclic esters (lactones) is 1. The highest BCUT2D eigenvalue weighted by molar-refractivity contribution is 5.97. The summed E-state index contributed by atoms with van der Waals surface area (Å²) in [4.78, 5) is 35.1. The molecule has 2 aliphatic rings. The normalized spacial score (nSPS) is 16.9. The molecule has 0 bridgehead atoms. The second-order valence-electron chi connectivity index (χ2n) is 7.70. The number of anilines is 2. The van der Waals surface area contributed by atoms with Crippen LogP contribution in [-0.4, -0.2) is 61.2 Å². The smallest absolute Gasteiger partial charge is 0.414 e. The van der Waals surface area contributed by atoms with E-state index in [9.17, 15) is 9.59 Å². The van der Waals surface area contributed by atoms with Crippen LogP contribution in [0.2, 0.25) is 0 Å². The Hall–Kier alpha value is -3.09. The van der Waals surface area contributed by atoms with Gasteiger partial charge in [0.25, 0.3) is 5.91 Å². The van der Waals surface area contributed by atoms with Crippen molar-refractivity contribution in [2.24, 2.45) is 0 Å². The Morgan fingerprint density at radius 1 is 1.00 bits per heavy atom. The van der Waals surface area contributed by atoms with Crippen LogP contribution in [-0.2, 0) is 4.74 Å². The van der Waals surface area contributed by atoms with Crippen molar-refractivity contribution in [2.75, 3.05) is 49.1 Å². The number of piperazine rings is 1. The van der Waals surface area contributed by atoms with Gasteiger partial charge in [-0.05, 0) is 55.7 Å². The summed E-state index contributed by atoms with van der Waals surface area (Å²) in [6.45, 7) is 9.82. The van der Waals surface area contributed by atoms with E-state index in [-0.39, 0.29) is 12.0 Å². The maximum atomic E-state index is 13.1. The standard InChI is InChI=1S/C22H26N4O3/c1-15-12-17(3)20(23-14-15)24-6-8-25(9-7-24)21(27)19-5-4-18(13-16(19)2)26-10-11-29-22(26)28/h4-5,12-14H,6-11H2,1-3H3. The molecule has 4 rings (SSSR count). The Labute approximate surface area is 170 Å². The zero-order valence-corrected chi connectivity index (χ0v) is 17.1. The van der Waals surface area contributed by atoms with E-state index in [1.165, 1.54) is 0 Å². The zero-order chi connectivity index (χ0) is 20.5. The monoisotopic (exact) mass is 394 g/mol. The van der Waals surface area contributed by atoms with Crippen molar-refractivity contribution in [1.29, 1.82) is 0 Å². The van der Waals surface area contributed by atoms with E-state index in [0.717, 1.165) is 41.3 Å². The molecule has 152 valence electrons. The van der Waals surface area contributed by atoms with Gasteiger partial charge < -0.3 is 14.5 Å². The average Bonchev–Trinajstić information content (AvgIpc) is 3.13. The summed E-state index contributed by atoms with van der Waals surface area (Å²) >= 11 is 0. The van der Waals surface area contributed by atoms with Gasteiger partial charge in [0.15, 0.2) is 0 Å². The van der Waals surface area contributed by atoms with Crippen LogP contribution in [0.1, 0.15) is 27.0 Å². The van der Waals surface area contributed by atoms with Crippen molar-refractivity contribution in [3.8, 4) is 0 Å². The molecule has 0 radical (unpaired) electrons. The lowest BCUT2D eigenvalue weighted by atomic mass is 10.1. The number of benzene rings is 1. The van der Waals surface area contributed by atoms with Crippen LogP contribution in [0.25, 0.3) is 0 Å². The number of hydrogen-bond donors (Lipinski definition) is 0. The predicted molar refractivity (Wildman–Crippen MR) is 112 cm³/mol. The molecule has 1 aromatic heterocycles. The molecule has 7 nitrogen and oxygen atoms in total. The number of aryl methyl sites for hydroxylation is 3. The van der Waals surface area contributed by atoms with Gasteiger partial charge in [-0.1, -0.05) is 6.07 Å². The van der Waals surface area contributed by atoms with Crippen LogP contribution >= 0.6 is 0 Å². The summed E-state index contributed by atoms with van der Waals surface area (Å²) in [6.07, 6.45) is 1.56. The van der Waals surface area contributed by atoms with E-state index in [0.29, 0.717) is 31.8 Å². The van der Waals surface area contributed by atoms with Crippen molar-refractivity contribution in [1.82, 2.24) is 9.88 Å². The van der Waals surface area contributed by atoms with Crippen LogP contribution in [0, 0.1) is 20.8 Å². The Morgan fingerprint density at radius 2 is 1.76 bits per heavy atom. The molecule has 2 aromatic rings. The first-order valence-corrected chi connectivity index (χ1v) is 9.96. The van der Waals surface area contributed by atoms with E-state index in [1.807, 2.05) is 43.1 Å². The Morgan fingerprint density at radius 3 is 2.38 bits per heavy atom. The first-order valence-electron chi connectivity index (χ1n) is 9.96. The van der Waals surface area contributed by atoms with Gasteiger partial charge in [0.2, 0.25) is 0 Å². The zero-order valence-electron chi connectivity index (χ0n) is 17.1. The van der Waals surface area contributed by atoms with Gasteiger partial charge >= 0.3 is 6.09 Å². The van der Waals surface area contributed by atoms with Gasteiger partial charge in [-0.3, -0.25) is 9.69 Å². The van der Waals surface area contributed by atoms with Gasteiger partial charge in [0.05, 0.1) is 6.54 Å². The van der Waals surface area contributed by atoms with Crippen molar-refractivity contribution in [3.63, 3.8) is 0 Å². The van der Waals surface area contributed by atoms with Crippen LogP contribution in [0.3, 0.4) is 0 Å². The van der Waals surface area contributed by atoms with Gasteiger partial charge in [-0.2, -0.15) is 0 Å². The molecule has 0 saturated carbocycles. The Bertz CT molecular complexity index is 951. The highest BCUT2D eigenvalue weighted by atomic mass is 16.6. The van der Waals surface area contributed by atoms with E-state index in [2.05, 4.69) is 22.9 Å². The topological polar surface area (TPSA) is 66.0 Å². The van der Waals surface area contributed by atoms with Crippen molar-refractivity contribution < 1.29 is 14.3 Å². The molecule has 7 heteroatoms. The van der Waals surface area contributed by atoms with Crippen LogP contribution in [0.5, 0.6) is 0 Å². The lowest BCUT2D eigenvalue weighted by Gasteiger charge is -2.36. The van der Waals surface area contributed by atoms with Gasteiger partial charge in [-0.25, -0.2) is 9.78 Å². The second kappa shape index (κ2) is 7.73. The first-order chi connectivity index (χ1) is 13.9. The van der Waals surface area contributed by atoms with Gasteiger partial charge in [-0.15, -0.1) is 0 Å². The molecule has 1 aromatic carbocycles. The van der Waals surface area contributed by atoms with Crippen LogP contribution < -0.4 is 9.80 Å². The number of ether oxygens (including phenoxy) is 1. The van der Waals surface area contributed by atoms with Gasteiger partial charge in [0, 0.05) is 43.6 Å². The molecule has 0 N–H and O–H groups in total. The molecule has 3 heterocycles. The highest BCUT2D eigenvalue weighted by Gasteiger charge is 2.27. The number of hydrogen-bond acceptors (Lipinski definition) is 5. The molecule has 2 saturated heterocycles. The molecule has 0 atom stereocenters. The average molecular weight is 394 g/mol. The third kappa shape index (κ3) is 3.77. The highest BCUT2D eigenvalue weighted by Crippen LogP contribution is 2.24. The van der Waals surface area contributed by atoms with E-state index in [1.54, 1.807) is 4.90 Å². The predicted octanol–water partition coefficient (Wildman–Crippen LogP) is 2.93. The third-order valence-electron chi connectivity index (χ3n) is 5.57.